The van der Waals surface area contributed by atoms with Gasteiger partial charge in [0.1, 0.15) is 23.9 Å². The third-order valence-electron chi connectivity index (χ3n) is 7.93. The van der Waals surface area contributed by atoms with Gasteiger partial charge in [-0.3, -0.25) is 14.4 Å². The van der Waals surface area contributed by atoms with Crippen molar-refractivity contribution in [3.8, 4) is 5.75 Å². The molecule has 3 atom stereocenters. The molecule has 2 heterocycles. The van der Waals surface area contributed by atoms with E-state index in [0.717, 1.165) is 16.6 Å². The molecule has 2 amide bonds. The van der Waals surface area contributed by atoms with Crippen molar-refractivity contribution >= 4 is 40.0 Å². The minimum atomic E-state index is -0.767. The first-order chi connectivity index (χ1) is 19.9. The molecule has 4 rings (SSSR count). The zero-order chi connectivity index (χ0) is 30.6. The van der Waals surface area contributed by atoms with Gasteiger partial charge in [-0.25, -0.2) is 9.97 Å². The van der Waals surface area contributed by atoms with Crippen LogP contribution in [0.3, 0.4) is 0 Å². The summed E-state index contributed by atoms with van der Waals surface area (Å²) in [6.07, 6.45) is 2.86. The van der Waals surface area contributed by atoms with Crippen LogP contribution in [0.15, 0.2) is 42.7 Å². The molecule has 42 heavy (non-hydrogen) atoms. The number of aromatic nitrogens is 2. The first-order valence-corrected chi connectivity index (χ1v) is 14.4. The van der Waals surface area contributed by atoms with Crippen molar-refractivity contribution in [1.29, 1.82) is 0 Å². The number of aryl methyl sites for hydroxylation is 1. The number of anilines is 2. The molecule has 1 fully saturated rings. The van der Waals surface area contributed by atoms with Gasteiger partial charge in [-0.2, -0.15) is 0 Å². The first-order valence-electron chi connectivity index (χ1n) is 14.4. The lowest BCUT2D eigenvalue weighted by molar-refractivity contribution is -0.143. The molecular formula is C32H42N6O4. The second-order valence-corrected chi connectivity index (χ2v) is 12.0. The van der Waals surface area contributed by atoms with Gasteiger partial charge in [-0.15, -0.1) is 0 Å². The van der Waals surface area contributed by atoms with Gasteiger partial charge < -0.3 is 25.6 Å². The van der Waals surface area contributed by atoms with Gasteiger partial charge in [0.25, 0.3) is 0 Å². The summed E-state index contributed by atoms with van der Waals surface area (Å²) >= 11 is 0. The molecule has 3 N–H and O–H groups in total. The van der Waals surface area contributed by atoms with Crippen LogP contribution in [-0.4, -0.2) is 71.3 Å². The number of methoxy groups -OCH3 is 1. The van der Waals surface area contributed by atoms with Crippen molar-refractivity contribution in [2.75, 3.05) is 26.0 Å². The number of rotatable bonds is 10. The van der Waals surface area contributed by atoms with E-state index >= 15 is 0 Å². The molecule has 3 aromatic rings. The number of Topliss-reactive ketones (excluding diaryl/α,β-unsaturated/α-hetero) is 1. The molecule has 1 aromatic heterocycles. The van der Waals surface area contributed by atoms with Gasteiger partial charge in [-0.1, -0.05) is 39.0 Å². The van der Waals surface area contributed by atoms with Crippen LogP contribution >= 0.6 is 0 Å². The highest BCUT2D eigenvalue weighted by molar-refractivity contribution is 5.97. The SMILES string of the molecule is CN[C@@H](C)C(=O)N[C@H](C(=O)N1CCC[C@H]1C(=O)Cc1cc2c(Nc3ccccc3C)ncnc2cc1OC)C(C)(C)C. The Bertz CT molecular complexity index is 1470. The number of hydrogen-bond donors (Lipinski definition) is 3. The maximum Gasteiger partial charge on any atom is 0.246 e. The van der Waals surface area contributed by atoms with Crippen molar-refractivity contribution in [1.82, 2.24) is 25.5 Å². The molecule has 0 saturated carbocycles. The van der Waals surface area contributed by atoms with E-state index in [-0.39, 0.29) is 24.0 Å². The molecule has 0 radical (unpaired) electrons. The lowest BCUT2D eigenvalue weighted by Crippen LogP contribution is -2.58. The molecule has 1 saturated heterocycles. The maximum absolute atomic E-state index is 13.8. The van der Waals surface area contributed by atoms with Crippen LogP contribution in [0, 0.1) is 12.3 Å². The van der Waals surface area contributed by atoms with E-state index in [0.29, 0.717) is 42.0 Å². The monoisotopic (exact) mass is 574 g/mol. The van der Waals surface area contributed by atoms with Crippen LogP contribution in [0.1, 0.15) is 51.7 Å². The molecule has 0 spiro atoms. The van der Waals surface area contributed by atoms with E-state index in [1.54, 1.807) is 26.0 Å². The molecule has 0 bridgehead atoms. The highest BCUT2D eigenvalue weighted by Crippen LogP contribution is 2.32. The fourth-order valence-corrected chi connectivity index (χ4v) is 5.28. The Morgan fingerprint density at radius 3 is 2.55 bits per heavy atom. The summed E-state index contributed by atoms with van der Waals surface area (Å²) in [4.78, 5) is 50.9. The number of nitrogens with zero attached hydrogens (tertiary/aromatic N) is 3. The summed E-state index contributed by atoms with van der Waals surface area (Å²) in [7, 11) is 3.26. The van der Waals surface area contributed by atoms with E-state index in [2.05, 4.69) is 25.9 Å². The third kappa shape index (κ3) is 6.70. The predicted molar refractivity (Wildman–Crippen MR) is 164 cm³/mol. The van der Waals surface area contributed by atoms with Crippen LogP contribution < -0.4 is 20.7 Å². The lowest BCUT2D eigenvalue weighted by atomic mass is 9.85. The number of benzene rings is 2. The number of carbonyl (C=O) groups excluding carboxylic acids is 3. The van der Waals surface area contributed by atoms with Crippen LogP contribution in [-0.2, 0) is 20.8 Å². The van der Waals surface area contributed by atoms with Crippen molar-refractivity contribution in [2.45, 2.75) is 72.0 Å². The number of likely N-dealkylation sites (tertiary alicyclic amines) is 1. The number of para-hydroxylation sites is 1. The number of likely N-dealkylation sites (N-methyl/N-ethyl adjacent to an activating group) is 1. The zero-order valence-corrected chi connectivity index (χ0v) is 25.6. The Morgan fingerprint density at radius 2 is 1.88 bits per heavy atom. The summed E-state index contributed by atoms with van der Waals surface area (Å²) in [6.45, 7) is 9.97. The fourth-order valence-electron chi connectivity index (χ4n) is 5.28. The predicted octanol–water partition coefficient (Wildman–Crippen LogP) is 3.93. The van der Waals surface area contributed by atoms with Gasteiger partial charge in [0.15, 0.2) is 5.78 Å². The number of nitrogens with one attached hydrogen (secondary N) is 3. The Kier molecular flexibility index (Phi) is 9.46. The van der Waals surface area contributed by atoms with E-state index in [1.807, 2.05) is 64.1 Å². The van der Waals surface area contributed by atoms with Gasteiger partial charge in [-0.05, 0) is 56.8 Å². The largest absolute Gasteiger partial charge is 0.496 e. The summed E-state index contributed by atoms with van der Waals surface area (Å²) in [5.41, 5.74) is 2.84. The van der Waals surface area contributed by atoms with Gasteiger partial charge in [0.05, 0.1) is 24.7 Å². The fraction of sp³-hybridized carbons (Fsp3) is 0.469. The van der Waals surface area contributed by atoms with Crippen LogP contribution in [0.2, 0.25) is 0 Å². The molecular weight excluding hydrogens is 532 g/mol. The molecule has 0 unspecified atom stereocenters. The maximum atomic E-state index is 13.8. The normalized spacial score (nSPS) is 16.6. The minimum Gasteiger partial charge on any atom is -0.496 e. The average molecular weight is 575 g/mol. The second-order valence-electron chi connectivity index (χ2n) is 12.0. The summed E-state index contributed by atoms with van der Waals surface area (Å²) < 4.78 is 5.66. The molecule has 2 aromatic carbocycles. The number of ether oxygens (including phenoxy) is 1. The Labute approximate surface area is 247 Å². The van der Waals surface area contributed by atoms with Crippen molar-refractivity contribution < 1.29 is 19.1 Å². The van der Waals surface area contributed by atoms with Crippen molar-refractivity contribution in [3.63, 3.8) is 0 Å². The molecule has 10 heteroatoms. The van der Waals surface area contributed by atoms with Gasteiger partial charge >= 0.3 is 0 Å². The second kappa shape index (κ2) is 12.9. The van der Waals surface area contributed by atoms with E-state index in [9.17, 15) is 14.4 Å². The molecule has 1 aliphatic heterocycles. The van der Waals surface area contributed by atoms with E-state index < -0.39 is 23.5 Å². The Balaban J connectivity index is 1.60. The molecule has 10 nitrogen and oxygen atoms in total. The number of fused-ring (bicyclic) bond motifs is 1. The number of ketones is 1. The van der Waals surface area contributed by atoms with E-state index in [1.165, 1.54) is 6.33 Å². The van der Waals surface area contributed by atoms with Gasteiger partial charge in [0, 0.05) is 35.7 Å². The van der Waals surface area contributed by atoms with Gasteiger partial charge in [0.2, 0.25) is 11.8 Å². The molecule has 0 aliphatic carbocycles. The molecule has 224 valence electrons. The first kappa shape index (κ1) is 30.9. The third-order valence-corrected chi connectivity index (χ3v) is 7.93. The highest BCUT2D eigenvalue weighted by atomic mass is 16.5. The van der Waals surface area contributed by atoms with E-state index in [4.69, 9.17) is 4.74 Å². The molecule has 1 aliphatic rings. The smallest absolute Gasteiger partial charge is 0.246 e. The average Bonchev–Trinajstić information content (AvgIpc) is 3.46. The summed E-state index contributed by atoms with van der Waals surface area (Å²) in [5.74, 6) is 0.604. The lowest BCUT2D eigenvalue weighted by Gasteiger charge is -2.36. The van der Waals surface area contributed by atoms with Crippen LogP contribution in [0.25, 0.3) is 10.9 Å². The Hall–Kier alpha value is -4.05. The van der Waals surface area contributed by atoms with Crippen LogP contribution in [0.4, 0.5) is 11.5 Å². The van der Waals surface area contributed by atoms with Crippen LogP contribution in [0.5, 0.6) is 5.75 Å². The standard InChI is InChI=1S/C32H42N6O4/c1-19-11-8-9-12-23(19)36-29-22-15-21(27(42-7)17-24(22)34-18-35-29)16-26(39)25-13-10-14-38(25)31(41)28(32(3,4)5)37-30(40)20(2)33-6/h8-9,11-12,15,17-18,20,25,28,33H,10,13-14,16H2,1-7H3,(H,37,40)(H,34,35,36)/t20-,25-,28+/m0/s1. The van der Waals surface area contributed by atoms with Crippen molar-refractivity contribution in [3.05, 3.63) is 53.9 Å². The topological polar surface area (TPSA) is 126 Å². The number of hydrogen-bond acceptors (Lipinski definition) is 8. The highest BCUT2D eigenvalue weighted by Gasteiger charge is 2.42. The number of amides is 2. The quantitative estimate of drug-likeness (QED) is 0.333. The summed E-state index contributed by atoms with van der Waals surface area (Å²) in [6, 6.07) is 9.84. The zero-order valence-electron chi connectivity index (χ0n) is 25.6. The minimum absolute atomic E-state index is 0.0775. The Morgan fingerprint density at radius 1 is 1.14 bits per heavy atom. The van der Waals surface area contributed by atoms with Crippen molar-refractivity contribution in [2.24, 2.45) is 5.41 Å². The number of carbonyl (C=O) groups is 3. The summed E-state index contributed by atoms with van der Waals surface area (Å²) in [5, 5.41) is 9.99.